The number of ketones is 1. The zero-order valence-electron chi connectivity index (χ0n) is 8.96. The van der Waals surface area contributed by atoms with E-state index in [9.17, 15) is 14.7 Å². The molecule has 0 saturated carbocycles. The molecule has 46 valence electrons. The number of rotatable bonds is 2. The number of aliphatic carboxylic acids is 1. The van der Waals surface area contributed by atoms with Crippen LogP contribution in [0.4, 0.5) is 0 Å². The van der Waals surface area contributed by atoms with Crippen molar-refractivity contribution < 1.29 is 49.7 Å². The van der Waals surface area contributed by atoms with Crippen molar-refractivity contribution in [2.75, 3.05) is 0 Å². The molecule has 0 aliphatic rings. The monoisotopic (exact) mass is 144 g/mol. The van der Waals surface area contributed by atoms with Crippen LogP contribution in [-0.4, -0.2) is 11.8 Å². The molecule has 0 bridgehead atoms. The Morgan fingerprint density at radius 3 is 2.11 bits per heavy atom. The van der Waals surface area contributed by atoms with Crippen molar-refractivity contribution in [3.63, 3.8) is 0 Å². The van der Waals surface area contributed by atoms with Crippen molar-refractivity contribution in [3.8, 4) is 0 Å². The number of carboxylic acid groups (broad SMARTS) is 1. The molecule has 0 amide bonds. The van der Waals surface area contributed by atoms with Gasteiger partial charge >= 0.3 is 29.6 Å². The summed E-state index contributed by atoms with van der Waals surface area (Å²) in [6.07, 6.45) is 0. The zero-order chi connectivity index (χ0) is 9.89. The number of carbonyl (C=O) groups excluding carboxylic acids is 2. The Labute approximate surface area is 81.3 Å². The summed E-state index contributed by atoms with van der Waals surface area (Å²) in [5, 5.41) is 9.96. The predicted molar refractivity (Wildman–Crippen MR) is 24.9 cm³/mol. The molecular weight excluding hydrogens is 133 g/mol. The van der Waals surface area contributed by atoms with E-state index >= 15 is 0 Å². The molecule has 0 atom stereocenters. The van der Waals surface area contributed by atoms with Gasteiger partial charge in [0.1, 0.15) is 5.97 Å². The van der Waals surface area contributed by atoms with E-state index in [0.29, 0.717) is 0 Å². The van der Waals surface area contributed by atoms with Gasteiger partial charge in [0.25, 0.3) is 0 Å². The summed E-state index contributed by atoms with van der Waals surface area (Å²) in [7, 11) is 0. The van der Waals surface area contributed by atoms with Gasteiger partial charge in [0.15, 0.2) is 5.78 Å². The van der Waals surface area contributed by atoms with E-state index in [2.05, 4.69) is 0 Å². The number of carboxylic acids is 1. The zero-order valence-corrected chi connectivity index (χ0v) is 6.96. The summed E-state index contributed by atoms with van der Waals surface area (Å²) in [5.74, 6) is -5.33. The average Bonchev–Trinajstić information content (AvgIpc) is 1.85. The fourth-order valence-electron chi connectivity index (χ4n) is 0.136. The second kappa shape index (κ2) is 4.97. The molecule has 0 spiro atoms. The van der Waals surface area contributed by atoms with Gasteiger partial charge in [0.2, 0.25) is 0 Å². The topological polar surface area (TPSA) is 57.2 Å². The molecule has 0 unspecified atom stereocenters. The first kappa shape index (κ1) is 4.88. The largest absolute Gasteiger partial charge is 1.00 e. The van der Waals surface area contributed by atoms with Crippen molar-refractivity contribution in [1.29, 1.82) is 0 Å². The summed E-state index contributed by atoms with van der Waals surface area (Å²) < 4.78 is 26.8. The smallest absolute Gasteiger partial charge is 0.542 e. The minimum Gasteiger partial charge on any atom is -0.542 e. The number of carbonyl (C=O) groups is 2. The van der Waals surface area contributed by atoms with E-state index < -0.39 is 31.4 Å². The first-order valence-corrected chi connectivity index (χ1v) is 1.82. The van der Waals surface area contributed by atoms with Gasteiger partial charge in [-0.25, -0.2) is 0 Å². The molecule has 0 aromatic carbocycles. The molecule has 0 saturated heterocycles. The maximum Gasteiger partial charge on any atom is 1.00 e. The molecule has 0 aromatic heterocycles. The third kappa shape index (κ3) is 4.63. The van der Waals surface area contributed by atoms with Crippen LogP contribution in [-0.2, 0) is 9.59 Å². The van der Waals surface area contributed by atoms with Crippen LogP contribution in [0.1, 0.15) is 19.2 Å². The van der Waals surface area contributed by atoms with E-state index in [1.54, 1.807) is 0 Å². The van der Waals surface area contributed by atoms with Gasteiger partial charge in [-0.2, -0.15) is 0 Å². The standard InChI is InChI=1S/C5H8O3.Na/c1-3(2)4(6)5(7)8;/h3H,1-2H3,(H,7,8);/q;+1/p-1/i1+1D2,2+1D2;. The van der Waals surface area contributed by atoms with E-state index in [4.69, 9.17) is 5.48 Å². The Kier molecular flexibility index (Phi) is 2.69. The van der Waals surface area contributed by atoms with Crippen molar-refractivity contribution in [3.05, 3.63) is 0 Å². The Morgan fingerprint density at radius 1 is 1.56 bits per heavy atom. The average molecular weight is 144 g/mol. The molecule has 0 N–H and O–H groups in total. The second-order valence-electron chi connectivity index (χ2n) is 1.18. The molecule has 0 aliphatic heterocycles. The first-order chi connectivity index (χ1) is 5.37. The minimum absolute atomic E-state index is 0. The second-order valence-corrected chi connectivity index (χ2v) is 1.18. The SMILES string of the molecule is [2H][13CH]([2H])C(C(=O)C(=O)[O-])[13CH]([2H])[2H].[Na+]. The van der Waals surface area contributed by atoms with Crippen molar-refractivity contribution in [1.82, 2.24) is 0 Å². The quantitative estimate of drug-likeness (QED) is 0.225. The van der Waals surface area contributed by atoms with Crippen molar-refractivity contribution in [2.45, 2.75) is 13.8 Å². The summed E-state index contributed by atoms with van der Waals surface area (Å²) in [6.45, 7) is -3.65. The Morgan fingerprint density at radius 2 is 2.00 bits per heavy atom. The molecule has 0 radical (unpaired) electrons. The van der Waals surface area contributed by atoms with Gasteiger partial charge in [-0.15, -0.1) is 0 Å². The third-order valence-electron chi connectivity index (χ3n) is 0.504. The molecule has 0 heterocycles. The van der Waals surface area contributed by atoms with E-state index in [0.717, 1.165) is 0 Å². The summed E-state index contributed by atoms with van der Waals surface area (Å²) in [5.41, 5.74) is 0. The van der Waals surface area contributed by atoms with E-state index in [1.807, 2.05) is 0 Å². The molecule has 0 fully saturated rings. The molecule has 0 rings (SSSR count). The fraction of sp³-hybridized carbons (Fsp3) is 0.600. The van der Waals surface area contributed by atoms with Gasteiger partial charge in [-0.1, -0.05) is 13.8 Å². The van der Waals surface area contributed by atoms with Crippen LogP contribution < -0.4 is 34.7 Å². The molecular formula is C5H7NaO3. The Bertz CT molecular complexity index is 188. The summed E-state index contributed by atoms with van der Waals surface area (Å²) in [6, 6.07) is 0. The van der Waals surface area contributed by atoms with Gasteiger partial charge < -0.3 is 9.90 Å². The van der Waals surface area contributed by atoms with Crippen molar-refractivity contribution >= 4 is 11.8 Å². The molecule has 0 aromatic rings. The first-order valence-electron chi connectivity index (χ1n) is 4.13. The third-order valence-corrected chi connectivity index (χ3v) is 0.504. The van der Waals surface area contributed by atoms with Crippen LogP contribution >= 0.6 is 0 Å². The van der Waals surface area contributed by atoms with Crippen LogP contribution in [0.3, 0.4) is 0 Å². The van der Waals surface area contributed by atoms with Crippen molar-refractivity contribution in [2.24, 2.45) is 5.92 Å². The normalized spacial score (nSPS) is 15.4. The van der Waals surface area contributed by atoms with Gasteiger partial charge in [-0.05, 0) is 0 Å². The molecule has 0 aliphatic carbocycles. The minimum atomic E-state index is -2.05. The Balaban J connectivity index is 0. The number of Topliss-reactive ketones (excluding diaryl/α,β-unsaturated/α-hetero) is 1. The number of hydrogen-bond acceptors (Lipinski definition) is 3. The van der Waals surface area contributed by atoms with E-state index in [1.165, 1.54) is 0 Å². The van der Waals surface area contributed by atoms with Crippen LogP contribution in [0.2, 0.25) is 0 Å². The molecule has 4 heteroatoms. The van der Waals surface area contributed by atoms with Crippen LogP contribution in [0, 0.1) is 5.92 Å². The Hall–Kier alpha value is 0.140. The summed E-state index contributed by atoms with van der Waals surface area (Å²) >= 11 is 0. The van der Waals surface area contributed by atoms with Crippen LogP contribution in [0.15, 0.2) is 0 Å². The predicted octanol–water partition coefficient (Wildman–Crippen LogP) is -4.03. The van der Waals surface area contributed by atoms with Crippen LogP contribution in [0.5, 0.6) is 0 Å². The van der Waals surface area contributed by atoms with Gasteiger partial charge in [0.05, 0.1) is 0 Å². The fourth-order valence-corrected chi connectivity index (χ4v) is 0.136. The van der Waals surface area contributed by atoms with Crippen LogP contribution in [0.25, 0.3) is 0 Å². The maximum absolute atomic E-state index is 10.6. The van der Waals surface area contributed by atoms with E-state index in [-0.39, 0.29) is 29.6 Å². The molecule has 9 heavy (non-hydrogen) atoms. The maximum atomic E-state index is 10.6. The molecule has 3 nitrogen and oxygen atoms in total. The van der Waals surface area contributed by atoms with Gasteiger partial charge in [-0.3, -0.25) is 4.79 Å². The summed E-state index contributed by atoms with van der Waals surface area (Å²) in [4.78, 5) is 20.5. The number of hydrogen-bond donors (Lipinski definition) is 0. The van der Waals surface area contributed by atoms with Gasteiger partial charge in [0, 0.05) is 11.4 Å².